The van der Waals surface area contributed by atoms with Gasteiger partial charge in [-0.15, -0.1) is 0 Å². The van der Waals surface area contributed by atoms with Crippen LogP contribution in [0.3, 0.4) is 0 Å². The zero-order valence-electron chi connectivity index (χ0n) is 19.3. The van der Waals surface area contributed by atoms with Gasteiger partial charge in [0.05, 0.1) is 24.1 Å². The van der Waals surface area contributed by atoms with E-state index in [1.807, 2.05) is 30.7 Å². The van der Waals surface area contributed by atoms with Crippen molar-refractivity contribution in [1.29, 1.82) is 0 Å². The molecular weight excluding hydrogens is 408 g/mol. The Morgan fingerprint density at radius 2 is 1.61 bits per heavy atom. The zero-order chi connectivity index (χ0) is 23.3. The van der Waals surface area contributed by atoms with Gasteiger partial charge in [0.25, 0.3) is 0 Å². The highest BCUT2D eigenvalue weighted by Gasteiger charge is 2.27. The van der Waals surface area contributed by atoms with Gasteiger partial charge < -0.3 is 16.0 Å². The molecule has 2 aromatic carbocycles. The molecular formula is C27H28N6+. The van der Waals surface area contributed by atoms with Crippen LogP contribution in [0, 0.1) is 12.8 Å². The van der Waals surface area contributed by atoms with Crippen molar-refractivity contribution in [1.82, 2.24) is 4.98 Å². The van der Waals surface area contributed by atoms with E-state index in [9.17, 15) is 0 Å². The molecule has 1 radical (unpaired) electrons. The second kappa shape index (κ2) is 7.81. The highest BCUT2D eigenvalue weighted by atomic mass is 15.2. The normalized spacial score (nSPS) is 15.0. The van der Waals surface area contributed by atoms with Crippen molar-refractivity contribution >= 4 is 34.5 Å². The predicted molar refractivity (Wildman–Crippen MR) is 137 cm³/mol. The molecule has 1 aliphatic heterocycles. The first kappa shape index (κ1) is 20.8. The number of nitrogens with zero attached hydrogens (tertiary/aromatic N) is 3. The van der Waals surface area contributed by atoms with E-state index in [2.05, 4.69) is 83.8 Å². The highest BCUT2D eigenvalue weighted by Crippen LogP contribution is 2.47. The monoisotopic (exact) mass is 436 g/mol. The third-order valence-corrected chi connectivity index (χ3v) is 6.33. The summed E-state index contributed by atoms with van der Waals surface area (Å²) in [5.41, 5.74) is 21.8. The van der Waals surface area contributed by atoms with Gasteiger partial charge in [-0.1, -0.05) is 48.3 Å². The van der Waals surface area contributed by atoms with Crippen LogP contribution in [0.25, 0.3) is 16.8 Å². The second-order valence-electron chi connectivity index (χ2n) is 8.64. The summed E-state index contributed by atoms with van der Waals surface area (Å²) in [6.07, 6.45) is 8.62. The number of benzene rings is 2. The number of aryl methyl sites for hydroxylation is 1. The number of hydrogen-bond acceptors (Lipinski definition) is 5. The van der Waals surface area contributed by atoms with Crippen LogP contribution < -0.4 is 26.3 Å². The number of rotatable bonds is 2. The first-order valence-electron chi connectivity index (χ1n) is 10.9. The van der Waals surface area contributed by atoms with Crippen LogP contribution in [-0.2, 0) is 7.05 Å². The maximum absolute atomic E-state index is 6.20. The van der Waals surface area contributed by atoms with Crippen LogP contribution >= 0.6 is 0 Å². The van der Waals surface area contributed by atoms with Gasteiger partial charge in [-0.05, 0) is 42.3 Å². The minimum atomic E-state index is 0.467. The maximum Gasteiger partial charge on any atom is 0.391 e. The number of hydrogen-bond donors (Lipinski definition) is 3. The van der Waals surface area contributed by atoms with Crippen molar-refractivity contribution in [2.45, 2.75) is 13.8 Å². The minimum Gasteiger partial charge on any atom is -0.399 e. The van der Waals surface area contributed by atoms with Gasteiger partial charge in [-0.2, -0.15) is 0 Å². The number of nitrogens with two attached hydrogens (primary N) is 2. The summed E-state index contributed by atoms with van der Waals surface area (Å²) in [5, 5.41) is 3.42. The van der Waals surface area contributed by atoms with Crippen molar-refractivity contribution in [2.75, 3.05) is 28.7 Å². The van der Waals surface area contributed by atoms with E-state index < -0.39 is 0 Å². The van der Waals surface area contributed by atoms with Gasteiger partial charge in [0.1, 0.15) is 0 Å². The van der Waals surface area contributed by atoms with E-state index in [0.717, 1.165) is 51.0 Å². The summed E-state index contributed by atoms with van der Waals surface area (Å²) in [5.74, 6) is 2.42. The lowest BCUT2D eigenvalue weighted by Crippen LogP contribution is -2.36. The Kier molecular flexibility index (Phi) is 4.93. The molecule has 2 heterocycles. The molecule has 0 saturated carbocycles. The molecule has 0 saturated heterocycles. The fourth-order valence-electron chi connectivity index (χ4n) is 4.39. The molecule has 0 amide bonds. The third-order valence-electron chi connectivity index (χ3n) is 6.33. The first-order chi connectivity index (χ1) is 15.8. The minimum absolute atomic E-state index is 0.467. The van der Waals surface area contributed by atoms with Crippen LogP contribution in [0.5, 0.6) is 0 Å². The fraction of sp³-hybridized carbons (Fsp3) is 0.148. The quantitative estimate of drug-likeness (QED) is 0.402. The summed E-state index contributed by atoms with van der Waals surface area (Å²) in [6, 6.07) is 14.5. The van der Waals surface area contributed by atoms with E-state index in [1.165, 1.54) is 11.5 Å². The number of nitrogen functional groups attached to an aromatic ring is 2. The van der Waals surface area contributed by atoms with Crippen molar-refractivity contribution in [3.8, 4) is 11.1 Å². The molecule has 1 aliphatic carbocycles. The Morgan fingerprint density at radius 3 is 2.33 bits per heavy atom. The number of nitrogens with one attached hydrogen (secondary N) is 1. The van der Waals surface area contributed by atoms with Gasteiger partial charge in [0.15, 0.2) is 0 Å². The van der Waals surface area contributed by atoms with Crippen molar-refractivity contribution in [3.05, 3.63) is 89.5 Å². The number of anilines is 5. The molecule has 5 N–H and O–H groups in total. The van der Waals surface area contributed by atoms with E-state index in [-0.39, 0.29) is 0 Å². The lowest BCUT2D eigenvalue weighted by Gasteiger charge is -2.34. The lowest BCUT2D eigenvalue weighted by molar-refractivity contribution is -0.665. The van der Waals surface area contributed by atoms with E-state index in [4.69, 9.17) is 11.5 Å². The molecule has 1 aromatic heterocycles. The van der Waals surface area contributed by atoms with Gasteiger partial charge >= 0.3 is 5.95 Å². The third kappa shape index (κ3) is 3.63. The Morgan fingerprint density at radius 1 is 0.879 bits per heavy atom. The van der Waals surface area contributed by atoms with E-state index in [0.29, 0.717) is 5.95 Å². The summed E-state index contributed by atoms with van der Waals surface area (Å²) in [6.45, 7) is 4.11. The molecule has 0 unspecified atom stereocenters. The summed E-state index contributed by atoms with van der Waals surface area (Å²) in [7, 11) is 4.01. The molecule has 6 heteroatoms. The predicted octanol–water partition coefficient (Wildman–Crippen LogP) is 4.67. The van der Waals surface area contributed by atoms with Crippen LogP contribution in [0.1, 0.15) is 18.2 Å². The van der Waals surface area contributed by atoms with E-state index in [1.54, 1.807) is 0 Å². The van der Waals surface area contributed by atoms with Crippen molar-refractivity contribution in [2.24, 2.45) is 7.05 Å². The number of fused-ring (bicyclic) bond motifs is 3. The first-order valence-corrected chi connectivity index (χ1v) is 10.9. The average molecular weight is 437 g/mol. The molecule has 0 spiro atoms. The molecule has 6 nitrogen and oxygen atoms in total. The largest absolute Gasteiger partial charge is 0.399 e. The Bertz CT molecular complexity index is 1330. The fourth-order valence-corrected chi connectivity index (χ4v) is 4.39. The molecule has 2 aliphatic rings. The lowest BCUT2D eigenvalue weighted by atomic mass is 9.87. The van der Waals surface area contributed by atoms with Crippen molar-refractivity contribution in [3.63, 3.8) is 0 Å². The molecule has 0 atom stereocenters. The van der Waals surface area contributed by atoms with Crippen LogP contribution in [0.2, 0.25) is 0 Å². The second-order valence-corrected chi connectivity index (χ2v) is 8.64. The maximum atomic E-state index is 6.20. The van der Waals surface area contributed by atoms with Gasteiger partial charge in [-0.3, -0.25) is 5.73 Å². The van der Waals surface area contributed by atoms with Gasteiger partial charge in [0, 0.05) is 41.5 Å². The van der Waals surface area contributed by atoms with Crippen molar-refractivity contribution < 1.29 is 4.57 Å². The molecule has 33 heavy (non-hydrogen) atoms. The Balaban J connectivity index is 1.63. The SMILES string of the molecule is C[C]1C=CC(=C2c3cc(N)ccc3-c3ccc(Nc4cc(C)[n+](C)c(N)n4)cc3N2C)C=C1. The van der Waals surface area contributed by atoms with Crippen LogP contribution in [0.4, 0.5) is 28.8 Å². The average Bonchev–Trinajstić information content (AvgIpc) is 2.79. The number of aromatic nitrogens is 2. The highest BCUT2D eigenvalue weighted by molar-refractivity contribution is 6.02. The molecule has 165 valence electrons. The molecule has 0 bridgehead atoms. The van der Waals surface area contributed by atoms with E-state index >= 15 is 0 Å². The van der Waals surface area contributed by atoms with Gasteiger partial charge in [-0.25, -0.2) is 4.57 Å². The molecule has 3 aromatic rings. The smallest absolute Gasteiger partial charge is 0.391 e. The Labute approximate surface area is 194 Å². The standard InChI is InChI=1S/C27H27N6/c1-16-5-7-18(8-6-16)26-23-14-19(28)9-11-21(23)22-12-10-20(15-24(22)33(26)4)30-25-13-17(2)32(3)27(29)31-25/h5-15H,28H2,1-4H3,(H2,29,30,31)/p+1. The van der Waals surface area contributed by atoms with Crippen LogP contribution in [-0.4, -0.2) is 12.0 Å². The number of allylic oxidation sites excluding steroid dienone is 5. The Hall–Kier alpha value is -4.06. The summed E-state index contributed by atoms with van der Waals surface area (Å²) in [4.78, 5) is 6.71. The molecule has 5 rings (SSSR count). The topological polar surface area (TPSA) is 84.1 Å². The summed E-state index contributed by atoms with van der Waals surface area (Å²) >= 11 is 0. The zero-order valence-corrected chi connectivity index (χ0v) is 19.3. The molecule has 0 fully saturated rings. The van der Waals surface area contributed by atoms with Crippen LogP contribution in [0.15, 0.2) is 72.3 Å². The van der Waals surface area contributed by atoms with Gasteiger partial charge in [0.2, 0.25) is 5.82 Å². The summed E-state index contributed by atoms with van der Waals surface area (Å²) < 4.78 is 1.86.